The fourth-order valence-corrected chi connectivity index (χ4v) is 2.59. The SMILES string of the molecule is CCOC(=O)C(O)(c1c[nH]c2cc(OC)ccc12)C(C)(C)C. The summed E-state index contributed by atoms with van der Waals surface area (Å²) in [7, 11) is 1.59. The average molecular weight is 305 g/mol. The summed E-state index contributed by atoms with van der Waals surface area (Å²) in [6.07, 6.45) is 1.66. The maximum absolute atomic E-state index is 12.5. The summed E-state index contributed by atoms with van der Waals surface area (Å²) in [4.78, 5) is 15.6. The van der Waals surface area contributed by atoms with Gasteiger partial charge in [-0.15, -0.1) is 0 Å². The van der Waals surface area contributed by atoms with E-state index in [0.717, 1.165) is 10.9 Å². The number of nitrogens with one attached hydrogen (secondary N) is 1. The number of carbonyl (C=O) groups is 1. The molecular formula is C17H23NO4. The van der Waals surface area contributed by atoms with Gasteiger partial charge in [-0.05, 0) is 19.1 Å². The summed E-state index contributed by atoms with van der Waals surface area (Å²) in [5.74, 6) is 0.0653. The molecule has 1 aromatic heterocycles. The Kier molecular flexibility index (Phi) is 4.20. The minimum Gasteiger partial charge on any atom is -0.497 e. The van der Waals surface area contributed by atoms with Crippen molar-refractivity contribution >= 4 is 16.9 Å². The van der Waals surface area contributed by atoms with E-state index in [9.17, 15) is 9.90 Å². The third-order valence-electron chi connectivity index (χ3n) is 3.93. The first-order chi connectivity index (χ1) is 10.3. The first-order valence-corrected chi connectivity index (χ1v) is 7.31. The predicted octanol–water partition coefficient (Wildman–Crippen LogP) is 2.97. The molecule has 0 aliphatic heterocycles. The standard InChI is InChI=1S/C17H23NO4/c1-6-22-15(19)17(20,16(2,3)4)13-10-18-14-9-11(21-5)7-8-12(13)14/h7-10,18,20H,6H2,1-5H3. The van der Waals surface area contributed by atoms with E-state index in [-0.39, 0.29) is 6.61 Å². The number of esters is 1. The van der Waals surface area contributed by atoms with Crippen LogP contribution in [-0.2, 0) is 15.1 Å². The summed E-state index contributed by atoms with van der Waals surface area (Å²) >= 11 is 0. The summed E-state index contributed by atoms with van der Waals surface area (Å²) in [5.41, 5.74) is -1.16. The Bertz CT molecular complexity index is 684. The van der Waals surface area contributed by atoms with Gasteiger partial charge in [0.25, 0.3) is 0 Å². The highest BCUT2D eigenvalue weighted by Crippen LogP contribution is 2.43. The molecule has 0 amide bonds. The Balaban J connectivity index is 2.65. The lowest BCUT2D eigenvalue weighted by Gasteiger charge is -2.37. The van der Waals surface area contributed by atoms with Crippen LogP contribution in [0.25, 0.3) is 10.9 Å². The second-order valence-corrected chi connectivity index (χ2v) is 6.29. The number of methoxy groups -OCH3 is 1. The van der Waals surface area contributed by atoms with Gasteiger partial charge < -0.3 is 19.6 Å². The molecule has 22 heavy (non-hydrogen) atoms. The van der Waals surface area contributed by atoms with Crippen molar-refractivity contribution in [1.29, 1.82) is 0 Å². The Morgan fingerprint density at radius 1 is 1.32 bits per heavy atom. The fraction of sp³-hybridized carbons (Fsp3) is 0.471. The highest BCUT2D eigenvalue weighted by atomic mass is 16.5. The molecule has 2 aromatic rings. The van der Waals surface area contributed by atoms with E-state index in [1.165, 1.54) is 0 Å². The third-order valence-corrected chi connectivity index (χ3v) is 3.93. The van der Waals surface area contributed by atoms with Crippen molar-refractivity contribution in [2.75, 3.05) is 13.7 Å². The number of fused-ring (bicyclic) bond motifs is 1. The second-order valence-electron chi connectivity index (χ2n) is 6.29. The molecule has 5 heteroatoms. The van der Waals surface area contributed by atoms with Crippen molar-refractivity contribution in [1.82, 2.24) is 4.98 Å². The highest BCUT2D eigenvalue weighted by Gasteiger charge is 2.51. The van der Waals surface area contributed by atoms with Gasteiger partial charge in [0, 0.05) is 34.1 Å². The Morgan fingerprint density at radius 3 is 2.55 bits per heavy atom. The normalized spacial score (nSPS) is 14.6. The number of benzene rings is 1. The minimum atomic E-state index is -1.74. The van der Waals surface area contributed by atoms with E-state index >= 15 is 0 Å². The molecule has 0 spiro atoms. The minimum absolute atomic E-state index is 0.216. The van der Waals surface area contributed by atoms with E-state index in [4.69, 9.17) is 9.47 Å². The molecular weight excluding hydrogens is 282 g/mol. The quantitative estimate of drug-likeness (QED) is 0.852. The number of aliphatic hydroxyl groups is 1. The number of H-pyrrole nitrogens is 1. The van der Waals surface area contributed by atoms with Crippen LogP contribution in [0.2, 0.25) is 0 Å². The Hall–Kier alpha value is -2.01. The van der Waals surface area contributed by atoms with Crippen LogP contribution in [0, 0.1) is 5.41 Å². The van der Waals surface area contributed by atoms with Crippen molar-refractivity contribution in [3.63, 3.8) is 0 Å². The monoisotopic (exact) mass is 305 g/mol. The van der Waals surface area contributed by atoms with Gasteiger partial charge in [0.2, 0.25) is 0 Å². The maximum atomic E-state index is 12.5. The summed E-state index contributed by atoms with van der Waals surface area (Å²) in [6.45, 7) is 7.37. The van der Waals surface area contributed by atoms with E-state index < -0.39 is 17.0 Å². The molecule has 120 valence electrons. The van der Waals surface area contributed by atoms with Crippen LogP contribution in [0.3, 0.4) is 0 Å². The molecule has 0 aliphatic rings. The smallest absolute Gasteiger partial charge is 0.343 e. The number of rotatable bonds is 4. The molecule has 0 radical (unpaired) electrons. The van der Waals surface area contributed by atoms with Crippen LogP contribution in [-0.4, -0.2) is 29.8 Å². The van der Waals surface area contributed by atoms with Gasteiger partial charge in [-0.3, -0.25) is 0 Å². The van der Waals surface area contributed by atoms with Crippen LogP contribution in [0.4, 0.5) is 0 Å². The molecule has 1 heterocycles. The van der Waals surface area contributed by atoms with E-state index in [1.54, 1.807) is 26.3 Å². The molecule has 2 N–H and O–H groups in total. The van der Waals surface area contributed by atoms with Gasteiger partial charge in [0.1, 0.15) is 5.75 Å². The predicted molar refractivity (Wildman–Crippen MR) is 84.8 cm³/mol. The zero-order valence-electron chi connectivity index (χ0n) is 13.7. The zero-order valence-corrected chi connectivity index (χ0v) is 13.7. The fourth-order valence-electron chi connectivity index (χ4n) is 2.59. The summed E-state index contributed by atoms with van der Waals surface area (Å²) in [6, 6.07) is 5.46. The molecule has 0 aliphatic carbocycles. The largest absolute Gasteiger partial charge is 0.497 e. The Labute approximate surface area is 130 Å². The number of ether oxygens (including phenoxy) is 2. The molecule has 0 bridgehead atoms. The van der Waals surface area contributed by atoms with Gasteiger partial charge in [0.15, 0.2) is 5.60 Å². The number of aromatic amines is 1. The van der Waals surface area contributed by atoms with Crippen molar-refractivity contribution < 1.29 is 19.4 Å². The number of aromatic nitrogens is 1. The van der Waals surface area contributed by atoms with Crippen LogP contribution >= 0.6 is 0 Å². The lowest BCUT2D eigenvalue weighted by molar-refractivity contribution is -0.179. The lowest BCUT2D eigenvalue weighted by Crippen LogP contribution is -2.48. The summed E-state index contributed by atoms with van der Waals surface area (Å²) in [5, 5.41) is 12.0. The molecule has 1 unspecified atom stereocenters. The molecule has 0 saturated heterocycles. The van der Waals surface area contributed by atoms with Crippen molar-refractivity contribution in [3.05, 3.63) is 30.0 Å². The maximum Gasteiger partial charge on any atom is 0.343 e. The summed E-state index contributed by atoms with van der Waals surface area (Å²) < 4.78 is 10.3. The van der Waals surface area contributed by atoms with Gasteiger partial charge >= 0.3 is 5.97 Å². The third kappa shape index (κ3) is 2.46. The van der Waals surface area contributed by atoms with Crippen molar-refractivity contribution in [2.24, 2.45) is 5.41 Å². The zero-order chi connectivity index (χ0) is 16.5. The van der Waals surface area contributed by atoms with Gasteiger partial charge in [-0.2, -0.15) is 0 Å². The molecule has 0 saturated carbocycles. The lowest BCUT2D eigenvalue weighted by atomic mass is 9.72. The van der Waals surface area contributed by atoms with Gasteiger partial charge in [0.05, 0.1) is 13.7 Å². The van der Waals surface area contributed by atoms with Crippen molar-refractivity contribution in [2.45, 2.75) is 33.3 Å². The molecule has 1 atom stereocenters. The molecule has 0 fully saturated rings. The van der Waals surface area contributed by atoms with Crippen molar-refractivity contribution in [3.8, 4) is 5.75 Å². The van der Waals surface area contributed by atoms with E-state index in [0.29, 0.717) is 11.3 Å². The topological polar surface area (TPSA) is 71.5 Å². The number of carbonyl (C=O) groups excluding carboxylic acids is 1. The molecule has 2 rings (SSSR count). The average Bonchev–Trinajstić information content (AvgIpc) is 2.88. The molecule has 1 aromatic carbocycles. The first kappa shape index (κ1) is 16.4. The van der Waals surface area contributed by atoms with Crippen LogP contribution in [0.1, 0.15) is 33.3 Å². The van der Waals surface area contributed by atoms with Crippen LogP contribution in [0.5, 0.6) is 5.75 Å². The van der Waals surface area contributed by atoms with E-state index in [1.807, 2.05) is 32.9 Å². The van der Waals surface area contributed by atoms with Gasteiger partial charge in [-0.1, -0.05) is 20.8 Å². The Morgan fingerprint density at radius 2 is 2.00 bits per heavy atom. The first-order valence-electron chi connectivity index (χ1n) is 7.31. The molecule has 5 nitrogen and oxygen atoms in total. The highest BCUT2D eigenvalue weighted by molar-refractivity contribution is 5.92. The van der Waals surface area contributed by atoms with Crippen LogP contribution in [0.15, 0.2) is 24.4 Å². The van der Waals surface area contributed by atoms with Crippen LogP contribution < -0.4 is 4.74 Å². The number of hydrogen-bond donors (Lipinski definition) is 2. The second kappa shape index (κ2) is 5.65. The van der Waals surface area contributed by atoms with Gasteiger partial charge in [-0.25, -0.2) is 4.79 Å². The van der Waals surface area contributed by atoms with E-state index in [2.05, 4.69) is 4.98 Å². The number of hydrogen-bond acceptors (Lipinski definition) is 4.